The molecule has 1 N–H and O–H groups in total. The number of anilines is 1. The topological polar surface area (TPSA) is 86.1 Å². The molecule has 3 aromatic rings. The molecule has 0 aliphatic heterocycles. The summed E-state index contributed by atoms with van der Waals surface area (Å²) in [5.41, 5.74) is 3.62. The van der Waals surface area contributed by atoms with E-state index in [1.54, 1.807) is 16.3 Å². The summed E-state index contributed by atoms with van der Waals surface area (Å²) in [5.74, 6) is -1.02. The standard InChI is InChI=1S/C19H20N4O3S/c1-11-6-5-7-12(2)16(11)22-17(24)13(3)26-19(25)15-10-27-18(21-15)14-8-20-23(4)9-14/h5-10,13H,1-4H3,(H,22,24). The molecule has 0 bridgehead atoms. The zero-order valence-electron chi connectivity index (χ0n) is 15.5. The highest BCUT2D eigenvalue weighted by Gasteiger charge is 2.22. The van der Waals surface area contributed by atoms with Crippen LogP contribution in [-0.4, -0.2) is 32.7 Å². The molecule has 1 amide bonds. The van der Waals surface area contributed by atoms with Crippen molar-refractivity contribution in [3.63, 3.8) is 0 Å². The fourth-order valence-electron chi connectivity index (χ4n) is 2.54. The van der Waals surface area contributed by atoms with E-state index in [0.29, 0.717) is 5.01 Å². The second kappa shape index (κ2) is 7.71. The monoisotopic (exact) mass is 384 g/mol. The Morgan fingerprint density at radius 2 is 1.96 bits per heavy atom. The van der Waals surface area contributed by atoms with Gasteiger partial charge in [0.25, 0.3) is 5.91 Å². The van der Waals surface area contributed by atoms with Gasteiger partial charge in [0.2, 0.25) is 0 Å². The van der Waals surface area contributed by atoms with E-state index in [0.717, 1.165) is 22.4 Å². The Hall–Kier alpha value is -3.00. The van der Waals surface area contributed by atoms with Gasteiger partial charge in [-0.05, 0) is 31.9 Å². The SMILES string of the molecule is Cc1cccc(C)c1NC(=O)C(C)OC(=O)c1csc(-c2cnn(C)c2)n1. The zero-order valence-corrected chi connectivity index (χ0v) is 16.3. The first-order chi connectivity index (χ1) is 12.8. The molecule has 0 saturated heterocycles. The number of benzene rings is 1. The molecule has 1 atom stereocenters. The fraction of sp³-hybridized carbons (Fsp3) is 0.263. The molecule has 7 nitrogen and oxygen atoms in total. The van der Waals surface area contributed by atoms with E-state index < -0.39 is 12.1 Å². The quantitative estimate of drug-likeness (QED) is 0.682. The molecule has 3 rings (SSSR count). The van der Waals surface area contributed by atoms with E-state index >= 15 is 0 Å². The molecule has 1 aromatic carbocycles. The highest BCUT2D eigenvalue weighted by molar-refractivity contribution is 7.13. The number of amides is 1. The van der Waals surface area contributed by atoms with Gasteiger partial charge in [-0.25, -0.2) is 9.78 Å². The lowest BCUT2D eigenvalue weighted by molar-refractivity contribution is -0.123. The van der Waals surface area contributed by atoms with Crippen molar-refractivity contribution < 1.29 is 14.3 Å². The zero-order chi connectivity index (χ0) is 19.6. The van der Waals surface area contributed by atoms with Crippen LogP contribution >= 0.6 is 11.3 Å². The van der Waals surface area contributed by atoms with E-state index in [4.69, 9.17) is 4.74 Å². The maximum Gasteiger partial charge on any atom is 0.358 e. The lowest BCUT2D eigenvalue weighted by Gasteiger charge is -2.15. The normalized spacial score (nSPS) is 11.9. The summed E-state index contributed by atoms with van der Waals surface area (Å²) in [5, 5.41) is 9.19. The first kappa shape index (κ1) is 18.8. The molecule has 0 saturated carbocycles. The van der Waals surface area contributed by atoms with Crippen LogP contribution in [-0.2, 0) is 16.6 Å². The van der Waals surface area contributed by atoms with Crippen molar-refractivity contribution in [2.45, 2.75) is 26.9 Å². The first-order valence-electron chi connectivity index (χ1n) is 8.37. The minimum atomic E-state index is -0.944. The molecule has 2 aromatic heterocycles. The van der Waals surface area contributed by atoms with Gasteiger partial charge in [-0.15, -0.1) is 11.3 Å². The molecule has 140 valence electrons. The summed E-state index contributed by atoms with van der Waals surface area (Å²) in [6.07, 6.45) is 2.54. The van der Waals surface area contributed by atoms with Gasteiger partial charge < -0.3 is 10.1 Å². The second-order valence-electron chi connectivity index (χ2n) is 6.24. The highest BCUT2D eigenvalue weighted by atomic mass is 32.1. The van der Waals surface area contributed by atoms with Crippen LogP contribution < -0.4 is 5.32 Å². The predicted octanol–water partition coefficient (Wildman–Crippen LogP) is 3.34. The summed E-state index contributed by atoms with van der Waals surface area (Å²) >= 11 is 1.32. The van der Waals surface area contributed by atoms with Crippen LogP contribution in [0.5, 0.6) is 0 Å². The third kappa shape index (κ3) is 4.22. The Morgan fingerprint density at radius 3 is 2.59 bits per heavy atom. The molecule has 0 radical (unpaired) electrons. The molecule has 0 aliphatic carbocycles. The van der Waals surface area contributed by atoms with Gasteiger partial charge in [-0.2, -0.15) is 5.10 Å². The number of hydrogen-bond acceptors (Lipinski definition) is 6. The lowest BCUT2D eigenvalue weighted by Crippen LogP contribution is -2.30. The number of carbonyl (C=O) groups is 2. The highest BCUT2D eigenvalue weighted by Crippen LogP contribution is 2.24. The van der Waals surface area contributed by atoms with E-state index in [1.165, 1.54) is 18.3 Å². The van der Waals surface area contributed by atoms with Crippen LogP contribution in [0.3, 0.4) is 0 Å². The van der Waals surface area contributed by atoms with Gasteiger partial charge in [-0.1, -0.05) is 18.2 Å². The minimum Gasteiger partial charge on any atom is -0.448 e. The fourth-order valence-corrected chi connectivity index (χ4v) is 3.31. The minimum absolute atomic E-state index is 0.172. The van der Waals surface area contributed by atoms with Crippen LogP contribution in [0.25, 0.3) is 10.6 Å². The van der Waals surface area contributed by atoms with Crippen LogP contribution in [0.4, 0.5) is 5.69 Å². The number of thiazole rings is 1. The second-order valence-corrected chi connectivity index (χ2v) is 7.10. The van der Waals surface area contributed by atoms with Gasteiger partial charge in [-0.3, -0.25) is 9.48 Å². The maximum atomic E-state index is 12.4. The summed E-state index contributed by atoms with van der Waals surface area (Å²) in [6, 6.07) is 5.74. The molecule has 2 heterocycles. The molecule has 1 unspecified atom stereocenters. The summed E-state index contributed by atoms with van der Waals surface area (Å²) in [7, 11) is 1.81. The number of nitrogens with one attached hydrogen (secondary N) is 1. The Bertz CT molecular complexity index is 972. The van der Waals surface area contributed by atoms with E-state index in [9.17, 15) is 9.59 Å². The molecule has 8 heteroatoms. The van der Waals surface area contributed by atoms with Crippen molar-refractivity contribution in [1.82, 2.24) is 14.8 Å². The largest absolute Gasteiger partial charge is 0.448 e. The number of carbonyl (C=O) groups excluding carboxylic acids is 2. The van der Waals surface area contributed by atoms with Crippen molar-refractivity contribution >= 4 is 28.9 Å². The number of aryl methyl sites for hydroxylation is 3. The number of hydrogen-bond donors (Lipinski definition) is 1. The molecule has 0 fully saturated rings. The number of para-hydroxylation sites is 1. The van der Waals surface area contributed by atoms with Crippen molar-refractivity contribution in [3.8, 4) is 10.6 Å². The molecule has 0 spiro atoms. The number of rotatable bonds is 5. The van der Waals surface area contributed by atoms with Gasteiger partial charge in [0.15, 0.2) is 11.8 Å². The van der Waals surface area contributed by atoms with Gasteiger partial charge in [0.1, 0.15) is 5.01 Å². The smallest absolute Gasteiger partial charge is 0.358 e. The van der Waals surface area contributed by atoms with Crippen LogP contribution in [0.1, 0.15) is 28.5 Å². The Morgan fingerprint density at radius 1 is 1.26 bits per heavy atom. The Kier molecular flexibility index (Phi) is 5.36. The van der Waals surface area contributed by atoms with E-state index in [1.807, 2.05) is 45.3 Å². The predicted molar refractivity (Wildman–Crippen MR) is 104 cm³/mol. The average molecular weight is 384 g/mol. The number of esters is 1. The maximum absolute atomic E-state index is 12.4. The molecular formula is C19H20N4O3S. The van der Waals surface area contributed by atoms with Crippen LogP contribution in [0.2, 0.25) is 0 Å². The third-order valence-corrected chi connectivity index (χ3v) is 4.94. The summed E-state index contributed by atoms with van der Waals surface area (Å²) in [6.45, 7) is 5.36. The molecule has 27 heavy (non-hydrogen) atoms. The van der Waals surface area contributed by atoms with E-state index in [-0.39, 0.29) is 11.6 Å². The van der Waals surface area contributed by atoms with Crippen molar-refractivity contribution in [2.75, 3.05) is 5.32 Å². The van der Waals surface area contributed by atoms with Crippen LogP contribution in [0.15, 0.2) is 36.0 Å². The molecule has 0 aliphatic rings. The van der Waals surface area contributed by atoms with Crippen LogP contribution in [0, 0.1) is 13.8 Å². The number of nitrogens with zero attached hydrogens (tertiary/aromatic N) is 3. The van der Waals surface area contributed by atoms with Crippen molar-refractivity contribution in [1.29, 1.82) is 0 Å². The Balaban J connectivity index is 1.65. The van der Waals surface area contributed by atoms with Gasteiger partial charge in [0.05, 0.1) is 6.20 Å². The number of aromatic nitrogens is 3. The third-order valence-electron chi connectivity index (χ3n) is 4.05. The summed E-state index contributed by atoms with van der Waals surface area (Å²) < 4.78 is 6.94. The number of ether oxygens (including phenoxy) is 1. The lowest BCUT2D eigenvalue weighted by atomic mass is 10.1. The van der Waals surface area contributed by atoms with Gasteiger partial charge >= 0.3 is 5.97 Å². The Labute approximate surface area is 161 Å². The van der Waals surface area contributed by atoms with Crippen molar-refractivity contribution in [3.05, 3.63) is 52.8 Å². The summed E-state index contributed by atoms with van der Waals surface area (Å²) in [4.78, 5) is 29.0. The first-order valence-corrected chi connectivity index (χ1v) is 9.25. The molecular weight excluding hydrogens is 364 g/mol. The van der Waals surface area contributed by atoms with E-state index in [2.05, 4.69) is 15.4 Å². The average Bonchev–Trinajstić information content (AvgIpc) is 3.27. The van der Waals surface area contributed by atoms with Crippen molar-refractivity contribution in [2.24, 2.45) is 7.05 Å². The van der Waals surface area contributed by atoms with Gasteiger partial charge in [0, 0.05) is 29.9 Å².